The number of hydrogen-bond acceptors (Lipinski definition) is 1. The number of para-hydroxylation sites is 1. The minimum atomic E-state index is -0.396. The Morgan fingerprint density at radius 3 is 2.35 bits per heavy atom. The quantitative estimate of drug-likeness (QED) is 0.816. The van der Waals surface area contributed by atoms with Crippen molar-refractivity contribution in [3.8, 4) is 0 Å². The summed E-state index contributed by atoms with van der Waals surface area (Å²) in [5.41, 5.74) is 0.823. The summed E-state index contributed by atoms with van der Waals surface area (Å²) < 4.78 is 13.7. The SMILES string of the molecule is CC12CC3CC(C)(C1)CC(NC(=O)Nc1ccccc1F)(C3)C2. The lowest BCUT2D eigenvalue weighted by Gasteiger charge is -2.65. The monoisotopic (exact) mass is 316 g/mol. The highest BCUT2D eigenvalue weighted by atomic mass is 19.1. The van der Waals surface area contributed by atoms with Gasteiger partial charge in [-0.05, 0) is 67.4 Å². The summed E-state index contributed by atoms with van der Waals surface area (Å²) in [5.74, 6) is 0.321. The van der Waals surface area contributed by atoms with Crippen molar-refractivity contribution in [2.75, 3.05) is 5.32 Å². The van der Waals surface area contributed by atoms with Gasteiger partial charge >= 0.3 is 6.03 Å². The highest BCUT2D eigenvalue weighted by molar-refractivity contribution is 5.90. The largest absolute Gasteiger partial charge is 0.332 e. The van der Waals surface area contributed by atoms with E-state index in [1.807, 2.05) is 0 Å². The summed E-state index contributed by atoms with van der Waals surface area (Å²) in [6.45, 7) is 4.75. The van der Waals surface area contributed by atoms with Crippen molar-refractivity contribution >= 4 is 11.7 Å². The van der Waals surface area contributed by atoms with Gasteiger partial charge in [0.15, 0.2) is 0 Å². The van der Waals surface area contributed by atoms with Crippen LogP contribution >= 0.6 is 0 Å². The smallest absolute Gasteiger partial charge is 0.319 e. The average molecular weight is 316 g/mol. The molecule has 4 heteroatoms. The number of nitrogens with one attached hydrogen (secondary N) is 2. The maximum atomic E-state index is 13.7. The lowest BCUT2D eigenvalue weighted by Crippen LogP contribution is -2.65. The first-order chi connectivity index (χ1) is 10.8. The molecule has 3 nitrogen and oxygen atoms in total. The van der Waals surface area contributed by atoms with Gasteiger partial charge in [0, 0.05) is 5.54 Å². The van der Waals surface area contributed by atoms with Gasteiger partial charge in [-0.1, -0.05) is 26.0 Å². The lowest BCUT2D eigenvalue weighted by atomic mass is 9.43. The molecule has 1 aromatic rings. The Bertz CT molecular complexity index is 641. The summed E-state index contributed by atoms with van der Waals surface area (Å²) in [7, 11) is 0. The molecule has 4 aliphatic carbocycles. The van der Waals surface area contributed by atoms with E-state index in [9.17, 15) is 9.18 Å². The molecule has 0 spiro atoms. The number of carbonyl (C=O) groups excluding carboxylic acids is 1. The topological polar surface area (TPSA) is 41.1 Å². The molecule has 2 N–H and O–H groups in total. The predicted molar refractivity (Wildman–Crippen MR) is 88.7 cm³/mol. The van der Waals surface area contributed by atoms with Gasteiger partial charge in [-0.15, -0.1) is 0 Å². The van der Waals surface area contributed by atoms with E-state index in [0.29, 0.717) is 10.8 Å². The Hall–Kier alpha value is -1.58. The van der Waals surface area contributed by atoms with E-state index in [4.69, 9.17) is 0 Å². The van der Waals surface area contributed by atoms with E-state index in [1.54, 1.807) is 18.2 Å². The normalized spacial score (nSPS) is 40.9. The summed E-state index contributed by atoms with van der Waals surface area (Å²) in [4.78, 5) is 12.5. The number of rotatable bonds is 2. The second-order valence-electron chi connectivity index (χ2n) is 8.97. The van der Waals surface area contributed by atoms with Crippen LogP contribution in [0.5, 0.6) is 0 Å². The highest BCUT2D eigenvalue weighted by Gasteiger charge is 2.60. The number of halogens is 1. The Morgan fingerprint density at radius 1 is 1.09 bits per heavy atom. The summed E-state index contributed by atoms with van der Waals surface area (Å²) in [6, 6.07) is 6.04. The van der Waals surface area contributed by atoms with Gasteiger partial charge in [0.05, 0.1) is 5.69 Å². The molecule has 2 atom stereocenters. The summed E-state index contributed by atoms with van der Waals surface area (Å²) in [6.07, 6.45) is 7.03. The van der Waals surface area contributed by atoms with Gasteiger partial charge in [-0.25, -0.2) is 9.18 Å². The molecule has 4 bridgehead atoms. The Labute approximate surface area is 137 Å². The van der Waals surface area contributed by atoms with E-state index < -0.39 is 5.82 Å². The van der Waals surface area contributed by atoms with Crippen LogP contribution in [0.4, 0.5) is 14.9 Å². The van der Waals surface area contributed by atoms with Crippen LogP contribution in [0.1, 0.15) is 52.4 Å². The van der Waals surface area contributed by atoms with Crippen LogP contribution < -0.4 is 10.6 Å². The molecule has 0 aromatic heterocycles. The number of urea groups is 1. The third kappa shape index (κ3) is 2.62. The van der Waals surface area contributed by atoms with Gasteiger partial charge < -0.3 is 10.6 Å². The molecule has 2 unspecified atom stereocenters. The molecule has 124 valence electrons. The second kappa shape index (κ2) is 4.71. The molecule has 2 amide bonds. The van der Waals surface area contributed by atoms with Crippen molar-refractivity contribution in [1.29, 1.82) is 0 Å². The van der Waals surface area contributed by atoms with Crippen molar-refractivity contribution < 1.29 is 9.18 Å². The first-order valence-electron chi connectivity index (χ1n) is 8.63. The first kappa shape index (κ1) is 15.0. The molecule has 0 heterocycles. The van der Waals surface area contributed by atoms with E-state index in [-0.39, 0.29) is 17.3 Å². The number of carbonyl (C=O) groups is 1. The zero-order valence-electron chi connectivity index (χ0n) is 13.9. The maximum Gasteiger partial charge on any atom is 0.319 e. The van der Waals surface area contributed by atoms with Crippen LogP contribution in [0.25, 0.3) is 0 Å². The minimum absolute atomic E-state index is 0.113. The third-order valence-electron chi connectivity index (χ3n) is 6.13. The summed E-state index contributed by atoms with van der Waals surface area (Å²) >= 11 is 0. The molecule has 23 heavy (non-hydrogen) atoms. The third-order valence-corrected chi connectivity index (χ3v) is 6.13. The van der Waals surface area contributed by atoms with E-state index in [2.05, 4.69) is 24.5 Å². The summed E-state index contributed by atoms with van der Waals surface area (Å²) in [5, 5.41) is 5.92. The van der Waals surface area contributed by atoms with Gasteiger partial charge in [-0.3, -0.25) is 0 Å². The average Bonchev–Trinajstić information content (AvgIpc) is 2.36. The number of amides is 2. The molecule has 4 aliphatic rings. The van der Waals surface area contributed by atoms with Crippen LogP contribution in [-0.2, 0) is 0 Å². The van der Waals surface area contributed by atoms with Crippen molar-refractivity contribution in [3.05, 3.63) is 30.1 Å². The van der Waals surface area contributed by atoms with Crippen LogP contribution in [0.15, 0.2) is 24.3 Å². The first-order valence-corrected chi connectivity index (χ1v) is 8.63. The molecular formula is C19H25FN2O. The van der Waals surface area contributed by atoms with Crippen LogP contribution in [0, 0.1) is 22.6 Å². The Kier molecular flexibility index (Phi) is 3.07. The van der Waals surface area contributed by atoms with Crippen molar-refractivity contribution in [2.45, 2.75) is 57.9 Å². The van der Waals surface area contributed by atoms with E-state index in [1.165, 1.54) is 25.3 Å². The molecule has 5 rings (SSSR count). The molecule has 0 radical (unpaired) electrons. The fourth-order valence-corrected chi connectivity index (χ4v) is 6.54. The predicted octanol–water partition coefficient (Wildman–Crippen LogP) is 4.70. The van der Waals surface area contributed by atoms with Gasteiger partial charge in [0.1, 0.15) is 5.82 Å². The standard InChI is InChI=1S/C19H25FN2O/c1-17-7-13-8-18(2,10-17)12-19(9-13,11-17)22-16(23)21-15-6-4-3-5-14(15)20/h3-6,13H,7-12H2,1-2H3,(H2,21,22,23). The number of hydrogen-bond donors (Lipinski definition) is 2. The van der Waals surface area contributed by atoms with E-state index in [0.717, 1.165) is 25.2 Å². The fraction of sp³-hybridized carbons (Fsp3) is 0.632. The minimum Gasteiger partial charge on any atom is -0.332 e. The number of benzene rings is 1. The van der Waals surface area contributed by atoms with Gasteiger partial charge in [0.2, 0.25) is 0 Å². The van der Waals surface area contributed by atoms with Crippen molar-refractivity contribution in [1.82, 2.24) is 5.32 Å². The van der Waals surface area contributed by atoms with Crippen molar-refractivity contribution in [2.24, 2.45) is 16.7 Å². The van der Waals surface area contributed by atoms with Gasteiger partial charge in [-0.2, -0.15) is 0 Å². The van der Waals surface area contributed by atoms with Crippen LogP contribution in [0.3, 0.4) is 0 Å². The molecule has 4 saturated carbocycles. The van der Waals surface area contributed by atoms with Crippen LogP contribution in [0.2, 0.25) is 0 Å². The van der Waals surface area contributed by atoms with E-state index >= 15 is 0 Å². The molecule has 1 aromatic carbocycles. The fourth-order valence-electron chi connectivity index (χ4n) is 6.54. The maximum absolute atomic E-state index is 13.7. The van der Waals surface area contributed by atoms with Crippen LogP contribution in [-0.4, -0.2) is 11.6 Å². The zero-order chi connectivity index (χ0) is 16.3. The molecule has 4 fully saturated rings. The molecular weight excluding hydrogens is 291 g/mol. The van der Waals surface area contributed by atoms with Crippen molar-refractivity contribution in [3.63, 3.8) is 0 Å². The Balaban J connectivity index is 1.52. The molecule has 0 aliphatic heterocycles. The number of anilines is 1. The second-order valence-corrected chi connectivity index (χ2v) is 8.97. The Morgan fingerprint density at radius 2 is 1.74 bits per heavy atom. The van der Waals surface area contributed by atoms with Gasteiger partial charge in [0.25, 0.3) is 0 Å². The highest BCUT2D eigenvalue weighted by Crippen LogP contribution is 2.66. The lowest BCUT2D eigenvalue weighted by molar-refractivity contribution is -0.113. The zero-order valence-corrected chi connectivity index (χ0v) is 13.9. The molecule has 0 saturated heterocycles.